The Bertz CT molecular complexity index is 5590. The number of hydrogen-bond donors (Lipinski definition) is 4. The van der Waals surface area contributed by atoms with E-state index in [1.165, 1.54) is 45.1 Å². The van der Waals surface area contributed by atoms with Gasteiger partial charge in [0, 0.05) is 161 Å². The molecule has 0 spiro atoms. The van der Waals surface area contributed by atoms with Gasteiger partial charge in [-0.3, -0.25) is 0 Å². The van der Waals surface area contributed by atoms with Crippen molar-refractivity contribution >= 4 is 63.1 Å². The Labute approximate surface area is 646 Å². The number of allylic oxidation sites excluding steroid dienone is 2. The number of pyridine rings is 1. The first-order valence-electron chi connectivity index (χ1n) is 37.6. The molecule has 18 rings (SSSR count). The maximum absolute atomic E-state index is 13.6. The highest BCUT2D eigenvalue weighted by atomic mass is 32.1. The molecule has 2 unspecified atom stereocenters. The summed E-state index contributed by atoms with van der Waals surface area (Å²) in [5.41, 5.74) is 18.4. The third kappa shape index (κ3) is 15.8. The number of hydrogen-bond acceptors (Lipinski definition) is 19. The fourth-order valence-electron chi connectivity index (χ4n) is 15.6. The second-order valence-electron chi connectivity index (χ2n) is 28.9. The average molecular weight is 1540 g/mol. The summed E-state index contributed by atoms with van der Waals surface area (Å²) in [5, 5.41) is 9.29. The molecule has 0 saturated carbocycles. The van der Waals surface area contributed by atoms with Crippen LogP contribution in [0.15, 0.2) is 129 Å². The number of aromatic nitrogens is 18. The smallest absolute Gasteiger partial charge is 0.497 e. The third-order valence-electron chi connectivity index (χ3n) is 21.5. The van der Waals surface area contributed by atoms with E-state index in [2.05, 4.69) is 142 Å². The van der Waals surface area contributed by atoms with E-state index >= 15 is 0 Å². The average Bonchev–Trinajstić information content (AvgIpc) is 1.64. The number of methoxy groups -OCH3 is 2. The van der Waals surface area contributed by atoms with Gasteiger partial charge in [0.2, 0.25) is 5.88 Å². The number of aryl methyl sites for hydroxylation is 4. The summed E-state index contributed by atoms with van der Waals surface area (Å²) in [6.07, 6.45) is 17.7. The van der Waals surface area contributed by atoms with Crippen LogP contribution in [-0.4, -0.2) is 149 Å². The van der Waals surface area contributed by atoms with Gasteiger partial charge >= 0.3 is 6.36 Å². The molecule has 2 aromatic carbocycles. The van der Waals surface area contributed by atoms with Crippen LogP contribution in [0.5, 0.6) is 17.4 Å². The van der Waals surface area contributed by atoms with Crippen molar-refractivity contribution in [1.29, 1.82) is 0 Å². The second kappa shape index (κ2) is 31.4. The monoisotopic (exact) mass is 1540 g/mol. The first-order valence-corrected chi connectivity index (χ1v) is 38.4. The van der Waals surface area contributed by atoms with Crippen molar-refractivity contribution < 1.29 is 36.2 Å². The van der Waals surface area contributed by atoms with Crippen LogP contribution in [0, 0.1) is 27.7 Å². The number of benzene rings is 2. The minimum Gasteiger partial charge on any atom is -0.497 e. The van der Waals surface area contributed by atoms with Gasteiger partial charge in [-0.25, -0.2) is 68.0 Å². The number of H-pyrrole nitrogens is 4. The zero-order valence-corrected chi connectivity index (χ0v) is 64.0. The summed E-state index contributed by atoms with van der Waals surface area (Å²) < 4.78 is 82.0. The van der Waals surface area contributed by atoms with Crippen molar-refractivity contribution in [3.05, 3.63) is 202 Å². The summed E-state index contributed by atoms with van der Waals surface area (Å²) in [4.78, 5) is 69.9. The Kier molecular flexibility index (Phi) is 20.8. The molecule has 24 nitrogen and oxygen atoms in total. The molecule has 13 aromatic rings. The van der Waals surface area contributed by atoms with E-state index in [4.69, 9.17) is 24.4 Å². The molecule has 14 heterocycles. The second-order valence-corrected chi connectivity index (χ2v) is 30.2. The number of imidazole rings is 3. The van der Waals surface area contributed by atoms with E-state index in [-0.39, 0.29) is 11.7 Å². The molecule has 0 bridgehead atoms. The first kappa shape index (κ1) is 74.2. The van der Waals surface area contributed by atoms with E-state index in [9.17, 15) is 22.0 Å². The SMILES string of the molecule is COc1cc(-c2cc3c(N4CCC(c5nc(-c6ccc(C)s6)c(C)[nH]5)CC4)ncnc3[nH]2)ccn1.COc1cccc(-c2nc(C3CCN(c4ncnc5c4C=C(c4cnn(C(C)F)c4)C5)CC3)[nH]c2C)c1.Cc1[nH]c(C2CCN(c3ncnc4c3C=C(c3cnn(C(C)F)c3)C4)CC2)nc1-c1ccc(OC(F)(F)F)cc1. The standard InChI is InChI=1S/C28H27F4N7O.C28H30FN7O.C26H27N7OS/c1-16-25(18-3-5-22(6-4-18)40-28(30,31)32)37-26(36-16)19-7-9-38(10-8-19)27-23-11-20(12-24(23)33-15-34-27)21-13-35-39(14-21)17(2)29;1-17-26(20-5-4-6-23(11-20)37-3)34-27(33-17)19-7-9-35(10-8-19)28-24-12-21(13-25(24)30-16-31-28)22-14-32-36(15-22)18(2)29;1-15-4-5-21(35-15)23-16(2)30-24(32-23)17-7-10-33(11-8-17)26-19-13-20(31-25(19)28-14-29-26)18-6-9-27-22(12-18)34-3/h3-6,11,13-15,17,19H,7-10,12H2,1-2H3,(H,36,37);4-6,11-12,14-16,18-19H,7-10,13H2,1-3H3,(H,33,34);4-6,9,12-14,17H,7-8,10-11H2,1-3H3,(H,30,32)(H,28,29,31). The van der Waals surface area contributed by atoms with Crippen LogP contribution < -0.4 is 28.9 Å². The van der Waals surface area contributed by atoms with E-state index in [0.29, 0.717) is 36.3 Å². The van der Waals surface area contributed by atoms with Gasteiger partial charge in [0.15, 0.2) is 12.6 Å². The number of nitrogens with one attached hydrogen (secondary N) is 4. The van der Waals surface area contributed by atoms with Gasteiger partial charge in [0.1, 0.15) is 76.7 Å². The summed E-state index contributed by atoms with van der Waals surface area (Å²) in [6.45, 7) is 16.4. The quantitative estimate of drug-likeness (QED) is 0.0617. The fourth-order valence-corrected chi connectivity index (χ4v) is 16.5. The van der Waals surface area contributed by atoms with Gasteiger partial charge in [-0.15, -0.1) is 24.5 Å². The normalized spacial score (nSPS) is 16.0. The lowest BCUT2D eigenvalue weighted by Gasteiger charge is -2.32. The van der Waals surface area contributed by atoms with Crippen LogP contribution in [0.4, 0.5) is 39.4 Å². The van der Waals surface area contributed by atoms with Crippen molar-refractivity contribution in [3.63, 3.8) is 0 Å². The van der Waals surface area contributed by atoms with Gasteiger partial charge < -0.3 is 48.8 Å². The molecule has 0 amide bonds. The van der Waals surface area contributed by atoms with Crippen molar-refractivity contribution in [2.24, 2.45) is 0 Å². The number of alkyl halides is 5. The molecular weight excluding hydrogens is 1450 g/mol. The number of nitrogens with zero attached hydrogens (tertiary/aromatic N) is 17. The van der Waals surface area contributed by atoms with Crippen LogP contribution in [-0.2, 0) is 12.8 Å². The van der Waals surface area contributed by atoms with Crippen LogP contribution in [0.2, 0.25) is 0 Å². The molecular formula is C82H84F5N21O3S. The van der Waals surface area contributed by atoms with Crippen LogP contribution in [0.1, 0.15) is 156 Å². The van der Waals surface area contributed by atoms with Gasteiger partial charge in [-0.05, 0) is 164 Å². The molecule has 3 fully saturated rings. The lowest BCUT2D eigenvalue weighted by Crippen LogP contribution is -2.34. The lowest BCUT2D eigenvalue weighted by molar-refractivity contribution is -0.274. The molecule has 0 radical (unpaired) electrons. The van der Waals surface area contributed by atoms with E-state index in [0.717, 1.165) is 225 Å². The van der Waals surface area contributed by atoms with Crippen molar-refractivity contribution in [3.8, 4) is 61.7 Å². The molecule has 30 heteroatoms. The van der Waals surface area contributed by atoms with Crippen molar-refractivity contribution in [2.45, 2.75) is 130 Å². The number of anilines is 3. The van der Waals surface area contributed by atoms with Crippen LogP contribution in [0.25, 0.3) is 78.7 Å². The molecule has 3 aliphatic heterocycles. The molecule has 11 aromatic heterocycles. The van der Waals surface area contributed by atoms with Crippen molar-refractivity contribution in [2.75, 3.05) is 68.2 Å². The molecule has 5 aliphatic rings. The molecule has 576 valence electrons. The Balaban J connectivity index is 0.000000127. The van der Waals surface area contributed by atoms with Gasteiger partial charge in [-0.2, -0.15) is 10.2 Å². The lowest BCUT2D eigenvalue weighted by atomic mass is 9.96. The number of thiophene rings is 1. The summed E-state index contributed by atoms with van der Waals surface area (Å²) in [5.74, 6) is 8.00. The predicted octanol–water partition coefficient (Wildman–Crippen LogP) is 17.1. The molecule has 2 atom stereocenters. The number of rotatable bonds is 17. The van der Waals surface area contributed by atoms with Crippen LogP contribution in [0.3, 0.4) is 0 Å². The number of fused-ring (bicyclic) bond motifs is 3. The van der Waals surface area contributed by atoms with Gasteiger partial charge in [-0.1, -0.05) is 12.1 Å². The maximum Gasteiger partial charge on any atom is 0.573 e. The van der Waals surface area contributed by atoms with E-state index < -0.39 is 19.0 Å². The summed E-state index contributed by atoms with van der Waals surface area (Å²) in [6, 6.07) is 24.1. The summed E-state index contributed by atoms with van der Waals surface area (Å²) >= 11 is 1.80. The zero-order chi connectivity index (χ0) is 77.5. The first-order chi connectivity index (χ1) is 54.2. The number of piperidine rings is 3. The fraction of sp³-hybridized carbons (Fsp3) is 0.341. The number of halogens is 5. The highest BCUT2D eigenvalue weighted by Gasteiger charge is 2.34. The van der Waals surface area contributed by atoms with E-state index in [1.807, 2.05) is 37.3 Å². The minimum atomic E-state index is -4.73. The Morgan fingerprint density at radius 1 is 0.500 bits per heavy atom. The third-order valence-corrected chi connectivity index (χ3v) is 22.5. The minimum absolute atomic E-state index is 0.214. The van der Waals surface area contributed by atoms with E-state index in [1.54, 1.807) is 87.7 Å². The predicted molar refractivity (Wildman–Crippen MR) is 422 cm³/mol. The van der Waals surface area contributed by atoms with Gasteiger partial charge in [0.25, 0.3) is 0 Å². The molecule has 112 heavy (non-hydrogen) atoms. The molecule has 4 N–H and O–H groups in total. The Morgan fingerprint density at radius 3 is 1.51 bits per heavy atom. The zero-order valence-electron chi connectivity index (χ0n) is 63.2. The highest BCUT2D eigenvalue weighted by molar-refractivity contribution is 7.15. The van der Waals surface area contributed by atoms with Crippen molar-refractivity contribution in [1.82, 2.24) is 89.3 Å². The maximum atomic E-state index is 13.6. The van der Waals surface area contributed by atoms with Gasteiger partial charge in [0.05, 0.1) is 59.7 Å². The largest absolute Gasteiger partial charge is 0.573 e. The Hall–Kier alpha value is -12.0. The molecule has 3 saturated heterocycles. The number of ether oxygens (including phenoxy) is 3. The topological polar surface area (TPSA) is 265 Å². The molecule has 2 aliphatic carbocycles. The summed E-state index contributed by atoms with van der Waals surface area (Å²) in [7, 11) is 3.30. The Morgan fingerprint density at radius 2 is 1.01 bits per heavy atom. The number of aromatic amines is 4. The van der Waals surface area contributed by atoms with Crippen LogP contribution >= 0.6 is 11.3 Å². The highest BCUT2D eigenvalue weighted by Crippen LogP contribution is 2.43.